The summed E-state index contributed by atoms with van der Waals surface area (Å²) in [5.74, 6) is 0.605. The number of aromatic nitrogens is 1. The SMILES string of the molecule is Cc1oncc1CNS(=O)(=O)c1ccc(Br)cc1. The smallest absolute Gasteiger partial charge is 0.240 e. The van der Waals surface area contributed by atoms with E-state index in [4.69, 9.17) is 4.52 Å². The molecule has 5 nitrogen and oxygen atoms in total. The largest absolute Gasteiger partial charge is 0.361 e. The summed E-state index contributed by atoms with van der Waals surface area (Å²) in [6, 6.07) is 6.43. The van der Waals surface area contributed by atoms with Crippen molar-refractivity contribution in [1.29, 1.82) is 0 Å². The number of hydrogen-bond acceptors (Lipinski definition) is 4. The summed E-state index contributed by atoms with van der Waals surface area (Å²) in [6.45, 7) is 1.89. The van der Waals surface area contributed by atoms with Gasteiger partial charge in [0.25, 0.3) is 0 Å². The third kappa shape index (κ3) is 2.98. The van der Waals surface area contributed by atoms with E-state index in [1.165, 1.54) is 18.3 Å². The van der Waals surface area contributed by atoms with Crippen molar-refractivity contribution < 1.29 is 12.9 Å². The average molecular weight is 331 g/mol. The zero-order valence-corrected chi connectivity index (χ0v) is 12.0. The molecule has 0 amide bonds. The van der Waals surface area contributed by atoms with Gasteiger partial charge in [0.1, 0.15) is 5.76 Å². The molecule has 0 aliphatic heterocycles. The van der Waals surface area contributed by atoms with Gasteiger partial charge in [-0.15, -0.1) is 0 Å². The van der Waals surface area contributed by atoms with Crippen molar-refractivity contribution in [3.05, 3.63) is 46.3 Å². The summed E-state index contributed by atoms with van der Waals surface area (Å²) in [7, 11) is -3.51. The Bertz CT molecular complexity index is 635. The second kappa shape index (κ2) is 5.21. The number of nitrogens with one attached hydrogen (secondary N) is 1. The van der Waals surface area contributed by atoms with Gasteiger partial charge in [0.15, 0.2) is 0 Å². The standard InChI is InChI=1S/C11H11BrN2O3S/c1-8-9(6-13-17-8)7-14-18(15,16)11-4-2-10(12)3-5-11/h2-6,14H,7H2,1H3. The van der Waals surface area contributed by atoms with Crippen molar-refractivity contribution in [1.82, 2.24) is 9.88 Å². The molecule has 96 valence electrons. The Balaban J connectivity index is 2.13. The van der Waals surface area contributed by atoms with Crippen molar-refractivity contribution in [3.63, 3.8) is 0 Å². The van der Waals surface area contributed by atoms with E-state index in [1.807, 2.05) is 0 Å². The minimum Gasteiger partial charge on any atom is -0.361 e. The van der Waals surface area contributed by atoms with E-state index in [9.17, 15) is 8.42 Å². The predicted octanol–water partition coefficient (Wildman–Crippen LogP) is 2.22. The zero-order valence-electron chi connectivity index (χ0n) is 9.55. The maximum atomic E-state index is 12.0. The van der Waals surface area contributed by atoms with Crippen LogP contribution in [0.5, 0.6) is 0 Å². The highest BCUT2D eigenvalue weighted by Gasteiger charge is 2.14. The molecule has 18 heavy (non-hydrogen) atoms. The quantitative estimate of drug-likeness (QED) is 0.932. The Kier molecular flexibility index (Phi) is 3.84. The first-order valence-corrected chi connectivity index (χ1v) is 7.42. The molecule has 1 aromatic heterocycles. The van der Waals surface area contributed by atoms with E-state index >= 15 is 0 Å². The van der Waals surface area contributed by atoms with E-state index in [0.717, 1.165) is 10.0 Å². The molecule has 1 heterocycles. The van der Waals surface area contributed by atoms with Gasteiger partial charge in [-0.2, -0.15) is 0 Å². The first kappa shape index (κ1) is 13.3. The van der Waals surface area contributed by atoms with E-state index in [-0.39, 0.29) is 11.4 Å². The summed E-state index contributed by atoms with van der Waals surface area (Å²) >= 11 is 3.26. The van der Waals surface area contributed by atoms with Crippen molar-refractivity contribution >= 4 is 26.0 Å². The molecule has 2 rings (SSSR count). The minimum absolute atomic E-state index is 0.160. The van der Waals surface area contributed by atoms with Crippen LogP contribution in [0, 0.1) is 6.92 Å². The first-order chi connectivity index (χ1) is 8.49. The van der Waals surface area contributed by atoms with Gasteiger partial charge in [0, 0.05) is 16.6 Å². The van der Waals surface area contributed by atoms with Crippen LogP contribution in [0.2, 0.25) is 0 Å². The topological polar surface area (TPSA) is 72.2 Å². The Hall–Kier alpha value is -1.18. The normalized spacial score (nSPS) is 11.7. The number of aryl methyl sites for hydroxylation is 1. The molecule has 1 aromatic carbocycles. The van der Waals surface area contributed by atoms with Gasteiger partial charge in [-0.05, 0) is 31.2 Å². The van der Waals surface area contributed by atoms with E-state index in [2.05, 4.69) is 25.8 Å². The van der Waals surface area contributed by atoms with Crippen LogP contribution in [-0.4, -0.2) is 13.6 Å². The van der Waals surface area contributed by atoms with Crippen molar-refractivity contribution in [2.45, 2.75) is 18.4 Å². The van der Waals surface area contributed by atoms with Gasteiger partial charge in [-0.3, -0.25) is 0 Å². The van der Waals surface area contributed by atoms with Crippen LogP contribution in [0.15, 0.2) is 44.4 Å². The van der Waals surface area contributed by atoms with Gasteiger partial charge in [-0.1, -0.05) is 21.1 Å². The molecule has 0 spiro atoms. The molecule has 0 radical (unpaired) electrons. The van der Waals surface area contributed by atoms with Gasteiger partial charge < -0.3 is 4.52 Å². The van der Waals surface area contributed by atoms with Gasteiger partial charge in [-0.25, -0.2) is 13.1 Å². The fourth-order valence-electron chi connectivity index (χ4n) is 1.36. The minimum atomic E-state index is -3.51. The third-order valence-electron chi connectivity index (χ3n) is 2.43. The highest BCUT2D eigenvalue weighted by atomic mass is 79.9. The summed E-state index contributed by atoms with van der Waals surface area (Å²) in [5, 5.41) is 3.59. The number of sulfonamides is 1. The Morgan fingerprint density at radius 1 is 1.33 bits per heavy atom. The maximum absolute atomic E-state index is 12.0. The van der Waals surface area contributed by atoms with E-state index < -0.39 is 10.0 Å². The lowest BCUT2D eigenvalue weighted by Crippen LogP contribution is -2.23. The van der Waals surface area contributed by atoms with Crippen LogP contribution in [0.4, 0.5) is 0 Å². The average Bonchev–Trinajstić information content (AvgIpc) is 2.73. The molecular weight excluding hydrogens is 320 g/mol. The third-order valence-corrected chi connectivity index (χ3v) is 4.37. The zero-order chi connectivity index (χ0) is 13.2. The highest BCUT2D eigenvalue weighted by molar-refractivity contribution is 9.10. The first-order valence-electron chi connectivity index (χ1n) is 5.14. The molecule has 0 saturated carbocycles. The lowest BCUT2D eigenvalue weighted by molar-refractivity contribution is 0.396. The second-order valence-electron chi connectivity index (χ2n) is 3.69. The fraction of sp³-hybridized carbons (Fsp3) is 0.182. The van der Waals surface area contributed by atoms with Crippen LogP contribution >= 0.6 is 15.9 Å². The number of nitrogens with zero attached hydrogens (tertiary/aromatic N) is 1. The molecule has 0 saturated heterocycles. The van der Waals surface area contributed by atoms with Crippen molar-refractivity contribution in [2.75, 3.05) is 0 Å². The number of rotatable bonds is 4. The van der Waals surface area contributed by atoms with Crippen molar-refractivity contribution in [3.8, 4) is 0 Å². The van der Waals surface area contributed by atoms with Crippen LogP contribution < -0.4 is 4.72 Å². The molecule has 0 aliphatic carbocycles. The molecule has 0 fully saturated rings. The Morgan fingerprint density at radius 2 is 2.00 bits per heavy atom. The Morgan fingerprint density at radius 3 is 2.56 bits per heavy atom. The van der Waals surface area contributed by atoms with Gasteiger partial charge >= 0.3 is 0 Å². The van der Waals surface area contributed by atoms with E-state index in [0.29, 0.717) is 5.76 Å². The second-order valence-corrected chi connectivity index (χ2v) is 6.37. The highest BCUT2D eigenvalue weighted by Crippen LogP contribution is 2.15. The van der Waals surface area contributed by atoms with Gasteiger partial charge in [0.05, 0.1) is 11.1 Å². The summed E-state index contributed by atoms with van der Waals surface area (Å²) in [5.41, 5.74) is 0.718. The molecule has 0 aliphatic rings. The number of benzene rings is 1. The van der Waals surface area contributed by atoms with Gasteiger partial charge in [0.2, 0.25) is 10.0 Å². The lowest BCUT2D eigenvalue weighted by atomic mass is 10.3. The maximum Gasteiger partial charge on any atom is 0.240 e. The fourth-order valence-corrected chi connectivity index (χ4v) is 2.63. The molecule has 1 N–H and O–H groups in total. The number of halogens is 1. The predicted molar refractivity (Wildman–Crippen MR) is 69.4 cm³/mol. The molecule has 2 aromatic rings. The molecule has 0 unspecified atom stereocenters. The van der Waals surface area contributed by atoms with Crippen LogP contribution in [0.3, 0.4) is 0 Å². The van der Waals surface area contributed by atoms with Crippen molar-refractivity contribution in [2.24, 2.45) is 0 Å². The van der Waals surface area contributed by atoms with Crippen LogP contribution in [-0.2, 0) is 16.6 Å². The summed E-state index contributed by atoms with van der Waals surface area (Å²) < 4.78 is 32.1. The Labute approximate surface area is 113 Å². The van der Waals surface area contributed by atoms with Crippen LogP contribution in [0.1, 0.15) is 11.3 Å². The van der Waals surface area contributed by atoms with E-state index in [1.54, 1.807) is 19.1 Å². The lowest BCUT2D eigenvalue weighted by Gasteiger charge is -2.05. The van der Waals surface area contributed by atoms with Crippen LogP contribution in [0.25, 0.3) is 0 Å². The molecule has 0 atom stereocenters. The number of hydrogen-bond donors (Lipinski definition) is 1. The monoisotopic (exact) mass is 330 g/mol. The molecule has 0 bridgehead atoms. The molecular formula is C11H11BrN2O3S. The molecule has 7 heteroatoms. The summed E-state index contributed by atoms with van der Waals surface area (Å²) in [6.07, 6.45) is 1.50. The summed E-state index contributed by atoms with van der Waals surface area (Å²) in [4.78, 5) is 0.222.